The van der Waals surface area contributed by atoms with Gasteiger partial charge in [0.15, 0.2) is 6.61 Å². The van der Waals surface area contributed by atoms with E-state index in [2.05, 4.69) is 15.0 Å². The summed E-state index contributed by atoms with van der Waals surface area (Å²) in [6.45, 7) is 2.93. The molecule has 1 fully saturated rings. The molecule has 128 valence electrons. The Hall–Kier alpha value is -2.03. The topological polar surface area (TPSA) is 57.7 Å². The molecule has 2 heterocycles. The second-order valence-corrected chi connectivity index (χ2v) is 5.24. The Kier molecular flexibility index (Phi) is 5.30. The van der Waals surface area contributed by atoms with E-state index in [1.807, 2.05) is 0 Å². The number of alkyl halides is 3. The van der Waals surface area contributed by atoms with Crippen LogP contribution >= 0.6 is 0 Å². The van der Waals surface area contributed by atoms with Crippen molar-refractivity contribution >= 4 is 11.7 Å². The first-order valence-corrected chi connectivity index (χ1v) is 7.18. The zero-order valence-electron chi connectivity index (χ0n) is 13.0. The van der Waals surface area contributed by atoms with E-state index in [4.69, 9.17) is 0 Å². The largest absolute Gasteiger partial charge is 0.468 e. The van der Waals surface area contributed by atoms with E-state index in [0.717, 1.165) is 13.1 Å². The van der Waals surface area contributed by atoms with Gasteiger partial charge in [-0.05, 0) is 13.0 Å². The molecule has 1 saturated heterocycles. The summed E-state index contributed by atoms with van der Waals surface area (Å²) in [5, 5.41) is 3.16. The van der Waals surface area contributed by atoms with Crippen LogP contribution in [0.25, 0.3) is 0 Å². The van der Waals surface area contributed by atoms with Crippen molar-refractivity contribution in [3.8, 4) is 5.88 Å². The Balaban J connectivity index is 2.05. The van der Waals surface area contributed by atoms with Crippen molar-refractivity contribution < 1.29 is 22.7 Å². The monoisotopic (exact) mass is 332 g/mol. The first kappa shape index (κ1) is 17.3. The zero-order chi connectivity index (χ0) is 17.0. The zero-order valence-corrected chi connectivity index (χ0v) is 13.0. The van der Waals surface area contributed by atoms with Gasteiger partial charge in [-0.15, -0.1) is 0 Å². The molecule has 1 aliphatic heterocycles. The molecule has 6 nitrogen and oxygen atoms in total. The molecule has 1 aliphatic rings. The van der Waals surface area contributed by atoms with Crippen molar-refractivity contribution in [3.05, 3.63) is 17.8 Å². The van der Waals surface area contributed by atoms with E-state index in [1.165, 1.54) is 17.0 Å². The van der Waals surface area contributed by atoms with Crippen molar-refractivity contribution in [2.24, 2.45) is 0 Å². The molecule has 0 saturated carbocycles. The molecule has 0 aromatic carbocycles. The lowest BCUT2D eigenvalue weighted by molar-refractivity contribution is -0.154. The molecule has 1 N–H and O–H groups in total. The highest BCUT2D eigenvalue weighted by Crippen LogP contribution is 2.23. The molecule has 2 amide bonds. The van der Waals surface area contributed by atoms with Crippen LogP contribution in [-0.4, -0.2) is 61.9 Å². The first-order valence-electron chi connectivity index (χ1n) is 7.18. The van der Waals surface area contributed by atoms with Crippen molar-refractivity contribution in [2.75, 3.05) is 44.7 Å². The normalized spacial score (nSPS) is 15.4. The second kappa shape index (κ2) is 7.03. The number of aromatic nitrogens is 1. The van der Waals surface area contributed by atoms with Gasteiger partial charge in [-0.3, -0.25) is 4.90 Å². The number of ether oxygens (including phenoxy) is 1. The number of nitrogens with one attached hydrogen (secondary N) is 1. The molecule has 0 radical (unpaired) electrons. The molecule has 1 aromatic heterocycles. The Morgan fingerprint density at radius 1 is 1.39 bits per heavy atom. The molecule has 0 spiro atoms. The van der Waals surface area contributed by atoms with E-state index >= 15 is 0 Å². The number of hydrogen-bond acceptors (Lipinski definition) is 4. The number of nitrogens with zero attached hydrogens (tertiary/aromatic N) is 3. The van der Waals surface area contributed by atoms with Crippen LogP contribution in [0.3, 0.4) is 0 Å². The lowest BCUT2D eigenvalue weighted by Gasteiger charge is -2.31. The minimum atomic E-state index is -4.41. The molecule has 0 aliphatic carbocycles. The minimum Gasteiger partial charge on any atom is -0.468 e. The van der Waals surface area contributed by atoms with Crippen molar-refractivity contribution in [1.29, 1.82) is 0 Å². The molecule has 0 unspecified atom stereocenters. The summed E-state index contributed by atoms with van der Waals surface area (Å²) in [5.74, 6) is -0.119. The fourth-order valence-corrected chi connectivity index (χ4v) is 2.29. The second-order valence-electron chi connectivity index (χ2n) is 5.24. The van der Waals surface area contributed by atoms with Gasteiger partial charge in [0.05, 0.1) is 11.4 Å². The van der Waals surface area contributed by atoms with Gasteiger partial charge in [-0.2, -0.15) is 13.2 Å². The van der Waals surface area contributed by atoms with Crippen LogP contribution in [0.5, 0.6) is 5.88 Å². The van der Waals surface area contributed by atoms with Gasteiger partial charge in [0.1, 0.15) is 0 Å². The number of pyridine rings is 1. The van der Waals surface area contributed by atoms with E-state index in [-0.39, 0.29) is 11.9 Å². The fourth-order valence-electron chi connectivity index (χ4n) is 2.29. The summed E-state index contributed by atoms with van der Waals surface area (Å²) in [6.07, 6.45) is -4.41. The summed E-state index contributed by atoms with van der Waals surface area (Å²) in [6, 6.07) is 2.70. The Bertz CT molecular complexity index is 559. The number of carbonyl (C=O) groups is 1. The molecule has 23 heavy (non-hydrogen) atoms. The molecule has 1 aromatic rings. The Labute approximate surface area is 132 Å². The lowest BCUT2D eigenvalue weighted by Crippen LogP contribution is -2.50. The van der Waals surface area contributed by atoms with Crippen LogP contribution in [-0.2, 0) is 0 Å². The smallest absolute Gasteiger partial charge is 0.422 e. The van der Waals surface area contributed by atoms with Crippen LogP contribution in [0.1, 0.15) is 5.69 Å². The first-order chi connectivity index (χ1) is 10.8. The Morgan fingerprint density at radius 3 is 2.61 bits per heavy atom. The maximum Gasteiger partial charge on any atom is 0.422 e. The maximum absolute atomic E-state index is 12.4. The van der Waals surface area contributed by atoms with Crippen LogP contribution in [0.4, 0.5) is 23.7 Å². The van der Waals surface area contributed by atoms with Crippen LogP contribution in [0, 0.1) is 6.92 Å². The number of carbonyl (C=O) groups excluding carboxylic acids is 1. The van der Waals surface area contributed by atoms with E-state index in [1.54, 1.807) is 18.9 Å². The highest BCUT2D eigenvalue weighted by atomic mass is 19.4. The van der Waals surface area contributed by atoms with Crippen molar-refractivity contribution in [1.82, 2.24) is 15.2 Å². The SMILES string of the molecule is Cc1nc(OCC(F)(F)F)ccc1N(C)C(=O)N1CCNCC1. The molecule has 9 heteroatoms. The van der Waals surface area contributed by atoms with Crippen molar-refractivity contribution in [2.45, 2.75) is 13.1 Å². The standard InChI is InChI=1S/C14H19F3N4O2/c1-10-11(3-4-12(19-10)23-9-14(15,16)17)20(2)13(22)21-7-5-18-6-8-21/h3-4,18H,5-9H2,1-2H3. The highest BCUT2D eigenvalue weighted by molar-refractivity contribution is 5.92. The summed E-state index contributed by atoms with van der Waals surface area (Å²) < 4.78 is 41.0. The number of hydrogen-bond donors (Lipinski definition) is 1. The number of urea groups is 1. The third-order valence-electron chi connectivity index (χ3n) is 3.45. The van der Waals surface area contributed by atoms with Gasteiger partial charge in [0.2, 0.25) is 5.88 Å². The number of anilines is 1. The minimum absolute atomic E-state index is 0.119. The van der Waals surface area contributed by atoms with Gasteiger partial charge in [-0.25, -0.2) is 9.78 Å². The third-order valence-corrected chi connectivity index (χ3v) is 3.45. The van der Waals surface area contributed by atoms with Gasteiger partial charge in [-0.1, -0.05) is 0 Å². The Morgan fingerprint density at radius 2 is 2.04 bits per heavy atom. The van der Waals surface area contributed by atoms with Gasteiger partial charge < -0.3 is 15.0 Å². The number of aryl methyl sites for hydroxylation is 1. The molecular weight excluding hydrogens is 313 g/mol. The average molecular weight is 332 g/mol. The fraction of sp³-hybridized carbons (Fsp3) is 0.571. The maximum atomic E-state index is 12.4. The lowest BCUT2D eigenvalue weighted by atomic mass is 10.3. The quantitative estimate of drug-likeness (QED) is 0.917. The number of halogens is 3. The summed E-state index contributed by atoms with van der Waals surface area (Å²) in [4.78, 5) is 19.5. The molecule has 0 atom stereocenters. The molecular formula is C14H19F3N4O2. The summed E-state index contributed by atoms with van der Waals surface area (Å²) in [7, 11) is 1.62. The number of rotatable bonds is 3. The van der Waals surface area contributed by atoms with Crippen LogP contribution < -0.4 is 15.0 Å². The summed E-state index contributed by atoms with van der Waals surface area (Å²) >= 11 is 0. The average Bonchev–Trinajstić information content (AvgIpc) is 2.52. The number of piperazine rings is 1. The highest BCUT2D eigenvalue weighted by Gasteiger charge is 2.29. The predicted octanol–water partition coefficient (Wildman–Crippen LogP) is 1.79. The van der Waals surface area contributed by atoms with Gasteiger partial charge >= 0.3 is 12.2 Å². The van der Waals surface area contributed by atoms with Gasteiger partial charge in [0.25, 0.3) is 0 Å². The van der Waals surface area contributed by atoms with Crippen LogP contribution in [0.15, 0.2) is 12.1 Å². The van der Waals surface area contributed by atoms with E-state index in [0.29, 0.717) is 24.5 Å². The summed E-state index contributed by atoms with van der Waals surface area (Å²) in [5.41, 5.74) is 0.962. The van der Waals surface area contributed by atoms with E-state index < -0.39 is 12.8 Å². The molecule has 0 bridgehead atoms. The third kappa shape index (κ3) is 4.72. The van der Waals surface area contributed by atoms with Crippen LogP contribution in [0.2, 0.25) is 0 Å². The van der Waals surface area contributed by atoms with E-state index in [9.17, 15) is 18.0 Å². The predicted molar refractivity (Wildman–Crippen MR) is 78.8 cm³/mol. The van der Waals surface area contributed by atoms with Crippen molar-refractivity contribution in [3.63, 3.8) is 0 Å². The molecule has 2 rings (SSSR count). The number of amides is 2. The van der Waals surface area contributed by atoms with Gasteiger partial charge in [0, 0.05) is 39.3 Å².